The summed E-state index contributed by atoms with van der Waals surface area (Å²) in [7, 11) is -3.69. The second-order valence-electron chi connectivity index (χ2n) is 3.77. The van der Waals surface area contributed by atoms with Gasteiger partial charge in [-0.1, -0.05) is 12.1 Å². The minimum atomic E-state index is -3.69. The lowest BCUT2D eigenvalue weighted by atomic mass is 10.2. The van der Waals surface area contributed by atoms with Gasteiger partial charge in [0.1, 0.15) is 5.75 Å². The van der Waals surface area contributed by atoms with Gasteiger partial charge < -0.3 is 5.11 Å². The first kappa shape index (κ1) is 12.8. The lowest BCUT2D eigenvalue weighted by Crippen LogP contribution is -2.12. The fourth-order valence-corrected chi connectivity index (χ4v) is 3.69. The fraction of sp³-hybridized carbons (Fsp3) is 0.182. The molecule has 0 saturated carbocycles. The van der Waals surface area contributed by atoms with Crippen molar-refractivity contribution in [3.63, 3.8) is 0 Å². The summed E-state index contributed by atoms with van der Waals surface area (Å²) in [5.74, 6) is -0.0974. The van der Waals surface area contributed by atoms with E-state index < -0.39 is 10.0 Å². The highest BCUT2D eigenvalue weighted by molar-refractivity contribution is 7.94. The number of sulfonamides is 1. The second-order valence-corrected chi connectivity index (χ2v) is 6.92. The van der Waals surface area contributed by atoms with Gasteiger partial charge in [-0.15, -0.1) is 11.3 Å². The average molecular weight is 284 g/mol. The van der Waals surface area contributed by atoms with E-state index in [1.807, 2.05) is 0 Å². The van der Waals surface area contributed by atoms with Crippen LogP contribution in [0, 0.1) is 13.8 Å². The number of phenols is 1. The van der Waals surface area contributed by atoms with Crippen molar-refractivity contribution in [1.29, 1.82) is 0 Å². The maximum atomic E-state index is 12.1. The van der Waals surface area contributed by atoms with Gasteiger partial charge >= 0.3 is 0 Å². The number of nitrogens with one attached hydrogen (secondary N) is 1. The molecule has 1 aromatic carbocycles. The molecule has 1 heterocycles. The monoisotopic (exact) mass is 284 g/mol. The van der Waals surface area contributed by atoms with Gasteiger partial charge in [-0.25, -0.2) is 13.4 Å². The van der Waals surface area contributed by atoms with E-state index in [4.69, 9.17) is 0 Å². The molecule has 0 unspecified atom stereocenters. The summed E-state index contributed by atoms with van der Waals surface area (Å²) in [6.45, 7) is 3.45. The highest BCUT2D eigenvalue weighted by Crippen LogP contribution is 2.30. The number of aromatic nitrogens is 1. The van der Waals surface area contributed by atoms with Crippen LogP contribution < -0.4 is 4.72 Å². The van der Waals surface area contributed by atoms with Crippen LogP contribution in [0.15, 0.2) is 28.6 Å². The number of nitrogens with zero attached hydrogens (tertiary/aromatic N) is 1. The molecule has 0 bridgehead atoms. The molecule has 7 heteroatoms. The van der Waals surface area contributed by atoms with Crippen molar-refractivity contribution < 1.29 is 13.5 Å². The molecule has 2 N–H and O–H groups in total. The third kappa shape index (κ3) is 2.46. The van der Waals surface area contributed by atoms with Crippen molar-refractivity contribution in [3.05, 3.63) is 35.0 Å². The van der Waals surface area contributed by atoms with Gasteiger partial charge in [-0.2, -0.15) is 0 Å². The van der Waals surface area contributed by atoms with E-state index >= 15 is 0 Å². The van der Waals surface area contributed by atoms with Crippen LogP contribution in [0.4, 0.5) is 5.69 Å². The summed E-state index contributed by atoms with van der Waals surface area (Å²) < 4.78 is 26.6. The first-order chi connectivity index (χ1) is 8.40. The Labute approximate surface area is 109 Å². The van der Waals surface area contributed by atoms with Crippen LogP contribution in [-0.2, 0) is 10.0 Å². The Kier molecular flexibility index (Phi) is 3.27. The lowest BCUT2D eigenvalue weighted by Gasteiger charge is -2.10. The third-order valence-corrected chi connectivity index (χ3v) is 5.08. The maximum absolute atomic E-state index is 12.1. The summed E-state index contributed by atoms with van der Waals surface area (Å²) in [6.07, 6.45) is 1.30. The standard InChI is InChI=1S/C11H12N2O3S2/c1-7-4-3-5-9(14)11(7)13-18(15,16)10-6-12-8(2)17-10/h3-6,13-14H,1-2H3. The molecule has 96 valence electrons. The van der Waals surface area contributed by atoms with Crippen LogP contribution in [0.2, 0.25) is 0 Å². The molecule has 0 radical (unpaired) electrons. The van der Waals surface area contributed by atoms with Crippen LogP contribution in [0.5, 0.6) is 5.75 Å². The number of hydrogen-bond acceptors (Lipinski definition) is 5. The normalized spacial score (nSPS) is 11.4. The number of rotatable bonds is 3. The van der Waals surface area contributed by atoms with E-state index in [0.717, 1.165) is 11.3 Å². The highest BCUT2D eigenvalue weighted by Gasteiger charge is 2.19. The van der Waals surface area contributed by atoms with E-state index in [2.05, 4.69) is 9.71 Å². The number of anilines is 1. The van der Waals surface area contributed by atoms with Crippen LogP contribution >= 0.6 is 11.3 Å². The number of para-hydroxylation sites is 1. The molecule has 18 heavy (non-hydrogen) atoms. The van der Waals surface area contributed by atoms with Crippen LogP contribution in [0.25, 0.3) is 0 Å². The van der Waals surface area contributed by atoms with Gasteiger partial charge in [0.15, 0.2) is 4.21 Å². The van der Waals surface area contributed by atoms with Crippen molar-refractivity contribution in [2.75, 3.05) is 4.72 Å². The Bertz CT molecular complexity index is 657. The van der Waals surface area contributed by atoms with Crippen molar-refractivity contribution in [1.82, 2.24) is 4.98 Å². The van der Waals surface area contributed by atoms with E-state index in [9.17, 15) is 13.5 Å². The number of phenolic OH excluding ortho intramolecular Hbond substituents is 1. The van der Waals surface area contributed by atoms with Crippen molar-refractivity contribution >= 4 is 27.0 Å². The summed E-state index contributed by atoms with van der Waals surface area (Å²) in [6, 6.07) is 4.80. The molecule has 0 aliphatic heterocycles. The number of aryl methyl sites for hydroxylation is 2. The minimum Gasteiger partial charge on any atom is -0.506 e. The molecule has 0 aliphatic carbocycles. The van der Waals surface area contributed by atoms with Gasteiger partial charge in [0, 0.05) is 0 Å². The second kappa shape index (κ2) is 4.58. The van der Waals surface area contributed by atoms with E-state index in [0.29, 0.717) is 10.6 Å². The smallest absolute Gasteiger partial charge is 0.273 e. The topological polar surface area (TPSA) is 79.3 Å². The van der Waals surface area contributed by atoms with Gasteiger partial charge in [0.25, 0.3) is 10.0 Å². The first-order valence-electron chi connectivity index (χ1n) is 5.14. The van der Waals surface area contributed by atoms with Crippen molar-refractivity contribution in [2.45, 2.75) is 18.1 Å². The average Bonchev–Trinajstić information content (AvgIpc) is 2.71. The fourth-order valence-electron chi connectivity index (χ4n) is 1.44. The molecule has 0 atom stereocenters. The minimum absolute atomic E-state index is 0.0974. The van der Waals surface area contributed by atoms with Gasteiger partial charge in [0.05, 0.1) is 16.9 Å². The molecule has 1 aromatic heterocycles. The number of aromatic hydroxyl groups is 1. The van der Waals surface area contributed by atoms with Gasteiger partial charge in [-0.05, 0) is 25.5 Å². The third-order valence-electron chi connectivity index (χ3n) is 2.35. The first-order valence-corrected chi connectivity index (χ1v) is 7.44. The van der Waals surface area contributed by atoms with Crippen LogP contribution in [-0.4, -0.2) is 18.5 Å². The number of thiazole rings is 1. The Morgan fingerprint density at radius 2 is 2.06 bits per heavy atom. The summed E-state index contributed by atoms with van der Waals surface area (Å²) in [4.78, 5) is 3.91. The molecule has 5 nitrogen and oxygen atoms in total. The van der Waals surface area contributed by atoms with Crippen molar-refractivity contribution in [2.24, 2.45) is 0 Å². The zero-order valence-corrected chi connectivity index (χ0v) is 11.5. The number of hydrogen-bond donors (Lipinski definition) is 2. The van der Waals surface area contributed by atoms with E-state index in [1.54, 1.807) is 26.0 Å². The Hall–Kier alpha value is -1.60. The number of benzene rings is 1. The quantitative estimate of drug-likeness (QED) is 0.847. The van der Waals surface area contributed by atoms with Crippen LogP contribution in [0.1, 0.15) is 10.6 Å². The SMILES string of the molecule is Cc1ncc(S(=O)(=O)Nc2c(C)cccc2O)s1. The van der Waals surface area contributed by atoms with Crippen LogP contribution in [0.3, 0.4) is 0 Å². The molecule has 0 aliphatic rings. The Morgan fingerprint density at radius 3 is 2.61 bits per heavy atom. The maximum Gasteiger partial charge on any atom is 0.273 e. The molecule has 2 rings (SSSR count). The summed E-state index contributed by atoms with van der Waals surface area (Å²) in [5.41, 5.74) is 0.850. The Morgan fingerprint density at radius 1 is 1.33 bits per heavy atom. The summed E-state index contributed by atoms with van der Waals surface area (Å²) in [5, 5.41) is 10.3. The van der Waals surface area contributed by atoms with E-state index in [-0.39, 0.29) is 15.6 Å². The Balaban J connectivity index is 2.40. The lowest BCUT2D eigenvalue weighted by molar-refractivity contribution is 0.477. The molecule has 0 amide bonds. The predicted molar refractivity (Wildman–Crippen MR) is 70.5 cm³/mol. The molecular weight excluding hydrogens is 272 g/mol. The largest absolute Gasteiger partial charge is 0.506 e. The van der Waals surface area contributed by atoms with E-state index in [1.165, 1.54) is 12.3 Å². The molecule has 0 spiro atoms. The van der Waals surface area contributed by atoms with Gasteiger partial charge in [0.2, 0.25) is 0 Å². The predicted octanol–water partition coefficient (Wildman–Crippen LogP) is 2.27. The summed E-state index contributed by atoms with van der Waals surface area (Å²) >= 11 is 1.08. The molecule has 2 aromatic rings. The van der Waals surface area contributed by atoms with Crippen molar-refractivity contribution in [3.8, 4) is 5.75 Å². The molecule has 0 fully saturated rings. The molecule has 0 saturated heterocycles. The molecular formula is C11H12N2O3S2. The van der Waals surface area contributed by atoms with Gasteiger partial charge in [-0.3, -0.25) is 4.72 Å². The zero-order valence-electron chi connectivity index (χ0n) is 9.84. The highest BCUT2D eigenvalue weighted by atomic mass is 32.2. The zero-order chi connectivity index (χ0) is 13.3.